The molecule has 0 aliphatic heterocycles. The lowest BCUT2D eigenvalue weighted by molar-refractivity contribution is -0.118. The third kappa shape index (κ3) is 3.01. The Labute approximate surface area is 108 Å². The van der Waals surface area contributed by atoms with E-state index in [1.807, 2.05) is 19.1 Å². The molecule has 0 saturated carbocycles. The molecule has 1 rings (SSSR count). The van der Waals surface area contributed by atoms with Crippen molar-refractivity contribution in [2.24, 2.45) is 5.73 Å². The van der Waals surface area contributed by atoms with Crippen LogP contribution in [0.15, 0.2) is 18.2 Å². The predicted molar refractivity (Wildman–Crippen MR) is 71.9 cm³/mol. The number of rotatable bonds is 4. The first-order chi connectivity index (χ1) is 8.14. The van der Waals surface area contributed by atoms with Gasteiger partial charge in [-0.05, 0) is 38.0 Å². The molecule has 0 aliphatic rings. The summed E-state index contributed by atoms with van der Waals surface area (Å²) in [5.74, 6) is -0.679. The van der Waals surface area contributed by atoms with E-state index >= 15 is 0 Å². The van der Waals surface area contributed by atoms with Crippen LogP contribution in [0.2, 0.25) is 0 Å². The van der Waals surface area contributed by atoms with E-state index in [0.717, 1.165) is 21.7 Å². The average Bonchev–Trinajstić information content (AvgIpc) is 2.21. The van der Waals surface area contributed by atoms with Crippen molar-refractivity contribution in [3.05, 3.63) is 29.3 Å². The van der Waals surface area contributed by atoms with Crippen molar-refractivity contribution in [2.45, 2.75) is 26.8 Å². The van der Waals surface area contributed by atoms with E-state index in [1.165, 1.54) is 6.92 Å². The molecule has 0 aliphatic carbocycles. The van der Waals surface area contributed by atoms with Crippen LogP contribution in [0.25, 0.3) is 0 Å². The number of sulfonamides is 1. The summed E-state index contributed by atoms with van der Waals surface area (Å²) in [7, 11) is -3.57. The van der Waals surface area contributed by atoms with Gasteiger partial charge < -0.3 is 5.73 Å². The number of anilines is 1. The molecule has 1 unspecified atom stereocenters. The second kappa shape index (κ2) is 4.97. The van der Waals surface area contributed by atoms with Gasteiger partial charge in [-0.3, -0.25) is 9.10 Å². The van der Waals surface area contributed by atoms with Crippen molar-refractivity contribution in [1.29, 1.82) is 0 Å². The van der Waals surface area contributed by atoms with Crippen LogP contribution in [0.4, 0.5) is 5.69 Å². The maximum Gasteiger partial charge on any atom is 0.241 e. The van der Waals surface area contributed by atoms with E-state index < -0.39 is 22.0 Å². The first-order valence-corrected chi connectivity index (χ1v) is 7.35. The Morgan fingerprint density at radius 2 is 1.89 bits per heavy atom. The van der Waals surface area contributed by atoms with E-state index in [-0.39, 0.29) is 0 Å². The highest BCUT2D eigenvalue weighted by molar-refractivity contribution is 7.92. The SMILES string of the molecule is Cc1ccc(C)c(N(C(C)C(N)=O)S(C)(=O)=O)c1. The molecule has 5 nitrogen and oxygen atoms in total. The Morgan fingerprint density at radius 3 is 2.33 bits per heavy atom. The number of nitrogens with zero attached hydrogens (tertiary/aromatic N) is 1. The summed E-state index contributed by atoms with van der Waals surface area (Å²) in [5, 5.41) is 0. The Morgan fingerprint density at radius 1 is 1.33 bits per heavy atom. The zero-order chi connectivity index (χ0) is 14.1. The number of amides is 1. The zero-order valence-electron chi connectivity index (χ0n) is 11.0. The minimum absolute atomic E-state index is 0.490. The summed E-state index contributed by atoms with van der Waals surface area (Å²) in [6, 6.07) is 4.51. The fraction of sp³-hybridized carbons (Fsp3) is 0.417. The molecule has 1 aromatic carbocycles. The predicted octanol–water partition coefficient (Wildman–Crippen LogP) is 0.943. The molecule has 1 atom stereocenters. The molecule has 0 fully saturated rings. The highest BCUT2D eigenvalue weighted by Gasteiger charge is 2.28. The molecule has 1 amide bonds. The number of primary amides is 1. The van der Waals surface area contributed by atoms with Gasteiger partial charge in [0.05, 0.1) is 11.9 Å². The Balaban J connectivity index is 3.45. The van der Waals surface area contributed by atoms with Crippen molar-refractivity contribution in [2.75, 3.05) is 10.6 Å². The summed E-state index contributed by atoms with van der Waals surface area (Å²) < 4.78 is 24.8. The van der Waals surface area contributed by atoms with E-state index in [4.69, 9.17) is 5.73 Å². The number of hydrogen-bond acceptors (Lipinski definition) is 3. The van der Waals surface area contributed by atoms with Crippen LogP contribution in [0.3, 0.4) is 0 Å². The summed E-state index contributed by atoms with van der Waals surface area (Å²) in [4.78, 5) is 11.3. The van der Waals surface area contributed by atoms with Crippen LogP contribution in [0.5, 0.6) is 0 Å². The van der Waals surface area contributed by atoms with Crippen LogP contribution in [0, 0.1) is 13.8 Å². The van der Waals surface area contributed by atoms with Crippen molar-refractivity contribution in [1.82, 2.24) is 0 Å². The van der Waals surface area contributed by atoms with Crippen LogP contribution in [0.1, 0.15) is 18.1 Å². The maximum absolute atomic E-state index is 11.9. The highest BCUT2D eigenvalue weighted by atomic mass is 32.2. The largest absolute Gasteiger partial charge is 0.368 e. The van der Waals surface area contributed by atoms with Gasteiger partial charge in [0.25, 0.3) is 0 Å². The lowest BCUT2D eigenvalue weighted by atomic mass is 10.1. The molecule has 6 heteroatoms. The summed E-state index contributed by atoms with van der Waals surface area (Å²) >= 11 is 0. The monoisotopic (exact) mass is 270 g/mol. The van der Waals surface area contributed by atoms with Gasteiger partial charge in [0.1, 0.15) is 6.04 Å². The fourth-order valence-corrected chi connectivity index (χ4v) is 2.98. The fourth-order valence-electron chi connectivity index (χ4n) is 1.75. The molecule has 0 saturated heterocycles. The molecule has 0 radical (unpaired) electrons. The first-order valence-electron chi connectivity index (χ1n) is 5.50. The molecule has 0 bridgehead atoms. The normalized spacial score (nSPS) is 13.1. The van der Waals surface area contributed by atoms with Gasteiger partial charge in [0.2, 0.25) is 15.9 Å². The Hall–Kier alpha value is -1.56. The van der Waals surface area contributed by atoms with Gasteiger partial charge >= 0.3 is 0 Å². The molecule has 0 heterocycles. The first kappa shape index (κ1) is 14.5. The van der Waals surface area contributed by atoms with Gasteiger partial charge in [0.15, 0.2) is 0 Å². The highest BCUT2D eigenvalue weighted by Crippen LogP contribution is 2.25. The van der Waals surface area contributed by atoms with E-state index in [0.29, 0.717) is 5.69 Å². The van der Waals surface area contributed by atoms with Crippen LogP contribution in [-0.2, 0) is 14.8 Å². The topological polar surface area (TPSA) is 80.5 Å². The van der Waals surface area contributed by atoms with Crippen LogP contribution >= 0.6 is 0 Å². The molecule has 18 heavy (non-hydrogen) atoms. The van der Waals surface area contributed by atoms with Gasteiger partial charge in [-0.2, -0.15) is 0 Å². The molecule has 0 aromatic heterocycles. The molecule has 0 spiro atoms. The molecule has 1 aromatic rings. The maximum atomic E-state index is 11.9. The Bertz CT molecular complexity index is 567. The zero-order valence-corrected chi connectivity index (χ0v) is 11.8. The lowest BCUT2D eigenvalue weighted by Crippen LogP contribution is -2.46. The third-order valence-electron chi connectivity index (χ3n) is 2.72. The number of aryl methyl sites for hydroxylation is 2. The molecule has 2 N–H and O–H groups in total. The molecule has 100 valence electrons. The van der Waals surface area contributed by atoms with Crippen LogP contribution in [-0.4, -0.2) is 26.6 Å². The lowest BCUT2D eigenvalue weighted by Gasteiger charge is -2.28. The van der Waals surface area contributed by atoms with E-state index in [9.17, 15) is 13.2 Å². The standard InChI is InChI=1S/C12H18N2O3S/c1-8-5-6-9(2)11(7-8)14(18(4,16)17)10(3)12(13)15/h5-7,10H,1-4H3,(H2,13,15). The van der Waals surface area contributed by atoms with Gasteiger partial charge in [0, 0.05) is 0 Å². The summed E-state index contributed by atoms with van der Waals surface area (Å²) in [5.41, 5.74) is 7.40. The van der Waals surface area contributed by atoms with Gasteiger partial charge in [-0.1, -0.05) is 12.1 Å². The van der Waals surface area contributed by atoms with Crippen molar-refractivity contribution in [3.8, 4) is 0 Å². The number of carbonyl (C=O) groups is 1. The van der Waals surface area contributed by atoms with Gasteiger partial charge in [-0.15, -0.1) is 0 Å². The van der Waals surface area contributed by atoms with Gasteiger partial charge in [-0.25, -0.2) is 8.42 Å². The van der Waals surface area contributed by atoms with E-state index in [2.05, 4.69) is 0 Å². The average molecular weight is 270 g/mol. The molecular weight excluding hydrogens is 252 g/mol. The number of hydrogen-bond donors (Lipinski definition) is 1. The second-order valence-electron chi connectivity index (χ2n) is 4.43. The van der Waals surface area contributed by atoms with Crippen molar-refractivity contribution >= 4 is 21.6 Å². The Kier molecular flexibility index (Phi) is 4.01. The third-order valence-corrected chi connectivity index (χ3v) is 3.95. The number of benzene rings is 1. The minimum Gasteiger partial charge on any atom is -0.368 e. The summed E-state index contributed by atoms with van der Waals surface area (Å²) in [6.07, 6.45) is 1.06. The van der Waals surface area contributed by atoms with E-state index in [1.54, 1.807) is 13.0 Å². The smallest absolute Gasteiger partial charge is 0.241 e. The second-order valence-corrected chi connectivity index (χ2v) is 6.29. The minimum atomic E-state index is -3.57. The van der Waals surface area contributed by atoms with Crippen LogP contribution < -0.4 is 10.0 Å². The van der Waals surface area contributed by atoms with Crippen molar-refractivity contribution < 1.29 is 13.2 Å². The molecular formula is C12H18N2O3S. The number of nitrogens with two attached hydrogens (primary N) is 1. The van der Waals surface area contributed by atoms with Crippen molar-refractivity contribution in [3.63, 3.8) is 0 Å². The quantitative estimate of drug-likeness (QED) is 0.884. The number of carbonyl (C=O) groups excluding carboxylic acids is 1. The summed E-state index contributed by atoms with van der Waals surface area (Å²) in [6.45, 7) is 5.13.